The molecule has 0 spiro atoms. The molecule has 1 atom stereocenters. The zero-order valence-corrected chi connectivity index (χ0v) is 11.8. The van der Waals surface area contributed by atoms with Crippen molar-refractivity contribution in [2.45, 2.75) is 20.0 Å². The molecular weight excluding hydrogens is 266 g/mol. The standard InChI is InChI=1S/C17H15NO3/c1-10(19)18-12-7-8-14-13-5-3-4-6-15(13)17(16(14)9-12)21-11(2)20/h3-9,17H,1-2H3,(H,18,19)/t17-/m1/s1. The van der Waals surface area contributed by atoms with Crippen LogP contribution in [0.3, 0.4) is 0 Å². The Labute approximate surface area is 122 Å². The molecule has 0 saturated heterocycles. The first-order chi connectivity index (χ1) is 10.1. The molecule has 0 heterocycles. The Morgan fingerprint density at radius 3 is 2.43 bits per heavy atom. The van der Waals surface area contributed by atoms with Gasteiger partial charge in [-0.1, -0.05) is 30.3 Å². The van der Waals surface area contributed by atoms with Crippen LogP contribution in [0.5, 0.6) is 0 Å². The molecule has 2 aromatic carbocycles. The van der Waals surface area contributed by atoms with Crippen LogP contribution in [0.4, 0.5) is 5.69 Å². The van der Waals surface area contributed by atoms with Crippen molar-refractivity contribution < 1.29 is 14.3 Å². The molecular formula is C17H15NO3. The molecule has 4 nitrogen and oxygen atoms in total. The van der Waals surface area contributed by atoms with Crippen molar-refractivity contribution in [3.63, 3.8) is 0 Å². The van der Waals surface area contributed by atoms with Gasteiger partial charge in [0, 0.05) is 30.7 Å². The number of ether oxygens (including phenoxy) is 1. The van der Waals surface area contributed by atoms with Gasteiger partial charge < -0.3 is 10.1 Å². The molecule has 4 heteroatoms. The Balaban J connectivity index is 2.11. The molecule has 0 unspecified atom stereocenters. The zero-order valence-electron chi connectivity index (χ0n) is 11.8. The molecule has 1 amide bonds. The van der Waals surface area contributed by atoms with Crippen LogP contribution in [-0.2, 0) is 14.3 Å². The van der Waals surface area contributed by atoms with Gasteiger partial charge >= 0.3 is 5.97 Å². The highest BCUT2D eigenvalue weighted by Gasteiger charge is 2.30. The third-order valence-electron chi connectivity index (χ3n) is 3.47. The van der Waals surface area contributed by atoms with E-state index in [1.54, 1.807) is 0 Å². The van der Waals surface area contributed by atoms with E-state index >= 15 is 0 Å². The third-order valence-corrected chi connectivity index (χ3v) is 3.47. The number of hydrogen-bond acceptors (Lipinski definition) is 3. The monoisotopic (exact) mass is 281 g/mol. The van der Waals surface area contributed by atoms with E-state index in [1.807, 2.05) is 42.5 Å². The minimum atomic E-state index is -0.414. The summed E-state index contributed by atoms with van der Waals surface area (Å²) in [6.45, 7) is 2.86. The summed E-state index contributed by atoms with van der Waals surface area (Å²) < 4.78 is 5.47. The van der Waals surface area contributed by atoms with Crippen molar-refractivity contribution in [2.75, 3.05) is 5.32 Å². The fourth-order valence-corrected chi connectivity index (χ4v) is 2.74. The van der Waals surface area contributed by atoms with E-state index in [2.05, 4.69) is 5.32 Å². The summed E-state index contributed by atoms with van der Waals surface area (Å²) in [5, 5.41) is 2.76. The lowest BCUT2D eigenvalue weighted by Crippen LogP contribution is -2.09. The number of esters is 1. The largest absolute Gasteiger partial charge is 0.453 e. The maximum Gasteiger partial charge on any atom is 0.303 e. The fraction of sp³-hybridized carbons (Fsp3) is 0.176. The molecule has 0 aliphatic heterocycles. The Hall–Kier alpha value is -2.62. The highest BCUT2D eigenvalue weighted by Crippen LogP contribution is 2.46. The summed E-state index contributed by atoms with van der Waals surface area (Å²) in [6, 6.07) is 13.5. The van der Waals surface area contributed by atoms with Gasteiger partial charge in [0.05, 0.1) is 0 Å². The Bertz CT molecular complexity index is 737. The fourth-order valence-electron chi connectivity index (χ4n) is 2.74. The number of rotatable bonds is 2. The van der Waals surface area contributed by atoms with Gasteiger partial charge in [0.2, 0.25) is 5.91 Å². The molecule has 0 aromatic heterocycles. The van der Waals surface area contributed by atoms with Crippen LogP contribution in [0, 0.1) is 0 Å². The van der Waals surface area contributed by atoms with E-state index in [9.17, 15) is 9.59 Å². The summed E-state index contributed by atoms with van der Waals surface area (Å²) in [7, 11) is 0. The Morgan fingerprint density at radius 1 is 1.00 bits per heavy atom. The second-order valence-electron chi connectivity index (χ2n) is 5.06. The number of hydrogen-bond donors (Lipinski definition) is 1. The lowest BCUT2D eigenvalue weighted by atomic mass is 10.1. The average molecular weight is 281 g/mol. The van der Waals surface area contributed by atoms with Crippen LogP contribution < -0.4 is 5.32 Å². The molecule has 1 aliphatic carbocycles. The molecule has 1 aliphatic rings. The molecule has 0 bridgehead atoms. The van der Waals surface area contributed by atoms with Gasteiger partial charge in [0.1, 0.15) is 0 Å². The van der Waals surface area contributed by atoms with Gasteiger partial charge in [-0.2, -0.15) is 0 Å². The van der Waals surface area contributed by atoms with E-state index in [4.69, 9.17) is 4.74 Å². The molecule has 0 radical (unpaired) electrons. The predicted octanol–water partition coefficient (Wildman–Crippen LogP) is 3.28. The van der Waals surface area contributed by atoms with Gasteiger partial charge in [-0.25, -0.2) is 0 Å². The van der Waals surface area contributed by atoms with Crippen LogP contribution >= 0.6 is 0 Å². The van der Waals surface area contributed by atoms with Gasteiger partial charge in [-0.15, -0.1) is 0 Å². The van der Waals surface area contributed by atoms with Crippen molar-refractivity contribution in [3.8, 4) is 11.1 Å². The summed E-state index contributed by atoms with van der Waals surface area (Å²) in [5.74, 6) is -0.456. The number of amides is 1. The van der Waals surface area contributed by atoms with E-state index in [1.165, 1.54) is 13.8 Å². The first kappa shape index (κ1) is 13.4. The van der Waals surface area contributed by atoms with Crippen LogP contribution in [0.2, 0.25) is 0 Å². The molecule has 0 fully saturated rings. The summed E-state index contributed by atoms with van der Waals surface area (Å²) in [6.07, 6.45) is -0.414. The Kier molecular flexibility index (Phi) is 3.22. The van der Waals surface area contributed by atoms with Crippen molar-refractivity contribution >= 4 is 17.6 Å². The van der Waals surface area contributed by atoms with Gasteiger partial charge in [0.25, 0.3) is 0 Å². The van der Waals surface area contributed by atoms with Crippen LogP contribution in [-0.4, -0.2) is 11.9 Å². The van der Waals surface area contributed by atoms with Crippen molar-refractivity contribution in [2.24, 2.45) is 0 Å². The van der Waals surface area contributed by atoms with Crippen molar-refractivity contribution in [1.29, 1.82) is 0 Å². The third kappa shape index (κ3) is 2.40. The van der Waals surface area contributed by atoms with E-state index < -0.39 is 6.10 Å². The van der Waals surface area contributed by atoms with E-state index in [-0.39, 0.29) is 11.9 Å². The summed E-state index contributed by atoms with van der Waals surface area (Å²) in [5.41, 5.74) is 4.67. The number of carbonyl (C=O) groups is 2. The molecule has 2 aromatic rings. The number of anilines is 1. The Morgan fingerprint density at radius 2 is 1.71 bits per heavy atom. The first-order valence-corrected chi connectivity index (χ1v) is 6.74. The molecule has 21 heavy (non-hydrogen) atoms. The van der Waals surface area contributed by atoms with Gasteiger partial charge in [-0.3, -0.25) is 9.59 Å². The molecule has 106 valence electrons. The lowest BCUT2D eigenvalue weighted by molar-refractivity contribution is -0.144. The first-order valence-electron chi connectivity index (χ1n) is 6.74. The summed E-state index contributed by atoms with van der Waals surface area (Å²) in [4.78, 5) is 22.6. The average Bonchev–Trinajstić information content (AvgIpc) is 2.72. The maximum absolute atomic E-state index is 11.4. The van der Waals surface area contributed by atoms with Crippen molar-refractivity contribution in [3.05, 3.63) is 53.6 Å². The normalized spacial score (nSPS) is 15.0. The topological polar surface area (TPSA) is 55.4 Å². The zero-order chi connectivity index (χ0) is 15.0. The predicted molar refractivity (Wildman–Crippen MR) is 79.8 cm³/mol. The van der Waals surface area contributed by atoms with Crippen LogP contribution in [0.15, 0.2) is 42.5 Å². The minimum Gasteiger partial charge on any atom is -0.453 e. The van der Waals surface area contributed by atoms with E-state index in [0.717, 1.165) is 22.3 Å². The van der Waals surface area contributed by atoms with Gasteiger partial charge in [0.15, 0.2) is 6.10 Å². The molecule has 1 N–H and O–H groups in total. The number of fused-ring (bicyclic) bond motifs is 3. The highest BCUT2D eigenvalue weighted by atomic mass is 16.5. The van der Waals surface area contributed by atoms with Gasteiger partial charge in [-0.05, 0) is 23.3 Å². The quantitative estimate of drug-likeness (QED) is 0.859. The minimum absolute atomic E-state index is 0.130. The highest BCUT2D eigenvalue weighted by molar-refractivity contribution is 5.90. The maximum atomic E-state index is 11.4. The molecule has 3 rings (SSSR count). The second kappa shape index (κ2) is 5.05. The molecule has 0 saturated carbocycles. The number of benzene rings is 2. The number of nitrogens with one attached hydrogen (secondary N) is 1. The SMILES string of the molecule is CC(=O)Nc1ccc2c(c1)[C@H](OC(C)=O)c1ccccc1-2. The van der Waals surface area contributed by atoms with Crippen LogP contribution in [0.25, 0.3) is 11.1 Å². The lowest BCUT2D eigenvalue weighted by Gasteiger charge is -2.14. The number of carbonyl (C=O) groups excluding carboxylic acids is 2. The van der Waals surface area contributed by atoms with Crippen LogP contribution in [0.1, 0.15) is 31.1 Å². The summed E-state index contributed by atoms with van der Waals surface area (Å²) >= 11 is 0. The second-order valence-corrected chi connectivity index (χ2v) is 5.06. The van der Waals surface area contributed by atoms with Crippen molar-refractivity contribution in [1.82, 2.24) is 0 Å². The van der Waals surface area contributed by atoms with E-state index in [0.29, 0.717) is 5.69 Å². The smallest absolute Gasteiger partial charge is 0.303 e.